The molecule has 3 aromatic rings. The van der Waals surface area contributed by atoms with Gasteiger partial charge in [-0.15, -0.1) is 0 Å². The van der Waals surface area contributed by atoms with Crippen LogP contribution in [-0.4, -0.2) is 22.8 Å². The molecular formula is C26H32N2O. The number of aromatic nitrogens is 2. The minimum Gasteiger partial charge on any atom is -0.381 e. The first-order valence-corrected chi connectivity index (χ1v) is 10.9. The van der Waals surface area contributed by atoms with E-state index < -0.39 is 0 Å². The van der Waals surface area contributed by atoms with Gasteiger partial charge in [0.05, 0.1) is 5.69 Å². The second kappa shape index (κ2) is 8.54. The van der Waals surface area contributed by atoms with Gasteiger partial charge in [0.15, 0.2) is 0 Å². The Labute approximate surface area is 174 Å². The van der Waals surface area contributed by atoms with Crippen molar-refractivity contribution in [3.8, 4) is 17.1 Å². The lowest BCUT2D eigenvalue weighted by molar-refractivity contribution is 0.0853. The van der Waals surface area contributed by atoms with Crippen LogP contribution in [0.5, 0.6) is 0 Å². The van der Waals surface area contributed by atoms with Crippen molar-refractivity contribution < 1.29 is 4.74 Å². The molecule has 4 rings (SSSR count). The first-order valence-electron chi connectivity index (χ1n) is 10.9. The number of nitrogens with zero attached hydrogens (tertiary/aromatic N) is 2. The molecule has 0 bridgehead atoms. The highest BCUT2D eigenvalue weighted by molar-refractivity contribution is 5.63. The second-order valence-corrected chi connectivity index (χ2v) is 8.73. The Hall–Kier alpha value is -2.39. The molecule has 0 amide bonds. The topological polar surface area (TPSA) is 27.1 Å². The van der Waals surface area contributed by atoms with Crippen molar-refractivity contribution in [2.24, 2.45) is 0 Å². The van der Waals surface area contributed by atoms with Gasteiger partial charge in [-0.3, -0.25) is 4.57 Å². The van der Waals surface area contributed by atoms with Crippen LogP contribution in [0.3, 0.4) is 0 Å². The molecule has 152 valence electrons. The first kappa shape index (κ1) is 19.9. The average molecular weight is 389 g/mol. The molecule has 1 aromatic heterocycles. The third-order valence-electron chi connectivity index (χ3n) is 6.04. The molecule has 1 saturated heterocycles. The van der Waals surface area contributed by atoms with E-state index in [0.717, 1.165) is 37.4 Å². The molecule has 0 atom stereocenters. The molecule has 3 heteroatoms. The van der Waals surface area contributed by atoms with Gasteiger partial charge in [-0.2, -0.15) is 0 Å². The summed E-state index contributed by atoms with van der Waals surface area (Å²) < 4.78 is 7.91. The number of hydrogen-bond acceptors (Lipinski definition) is 2. The van der Waals surface area contributed by atoms with E-state index in [9.17, 15) is 0 Å². The van der Waals surface area contributed by atoms with Crippen molar-refractivity contribution in [2.75, 3.05) is 13.2 Å². The molecule has 3 nitrogen and oxygen atoms in total. The fraction of sp³-hybridized carbons (Fsp3) is 0.423. The van der Waals surface area contributed by atoms with E-state index in [0.29, 0.717) is 17.8 Å². The molecule has 2 aromatic carbocycles. The summed E-state index contributed by atoms with van der Waals surface area (Å²) in [5, 5.41) is 0. The Morgan fingerprint density at radius 3 is 2.14 bits per heavy atom. The van der Waals surface area contributed by atoms with Crippen molar-refractivity contribution in [3.63, 3.8) is 0 Å². The van der Waals surface area contributed by atoms with Crippen LogP contribution in [0.15, 0.2) is 54.9 Å². The van der Waals surface area contributed by atoms with Crippen molar-refractivity contribution in [2.45, 2.75) is 58.3 Å². The number of benzene rings is 2. The van der Waals surface area contributed by atoms with Gasteiger partial charge in [0, 0.05) is 31.2 Å². The zero-order valence-electron chi connectivity index (χ0n) is 18.1. The summed E-state index contributed by atoms with van der Waals surface area (Å²) >= 11 is 0. The molecule has 1 fully saturated rings. The summed E-state index contributed by atoms with van der Waals surface area (Å²) in [7, 11) is 0. The van der Waals surface area contributed by atoms with Crippen LogP contribution < -0.4 is 0 Å². The van der Waals surface area contributed by atoms with Crippen molar-refractivity contribution in [1.29, 1.82) is 0 Å². The van der Waals surface area contributed by atoms with Crippen molar-refractivity contribution in [1.82, 2.24) is 9.55 Å². The summed E-state index contributed by atoms with van der Waals surface area (Å²) in [5.41, 5.74) is 6.75. The van der Waals surface area contributed by atoms with Crippen LogP contribution in [0.1, 0.15) is 75.0 Å². The summed E-state index contributed by atoms with van der Waals surface area (Å²) in [6.07, 6.45) is 6.27. The van der Waals surface area contributed by atoms with Gasteiger partial charge in [-0.05, 0) is 47.3 Å². The highest BCUT2D eigenvalue weighted by Gasteiger charge is 2.23. The number of imidazole rings is 1. The quantitative estimate of drug-likeness (QED) is 0.487. The largest absolute Gasteiger partial charge is 0.381 e. The number of ether oxygens (including phenoxy) is 1. The Bertz CT molecular complexity index is 921. The standard InChI is InChI=1S/C26H32N2O/c1-18(2)23-16-22(20-10-14-29-15-11-20)17-24(19(3)4)25(23)28-13-12-27-26(28)21-8-6-5-7-9-21/h5-9,12-13,16-20H,10-11,14-15H2,1-4H3. The van der Waals surface area contributed by atoms with Crippen LogP contribution >= 0.6 is 0 Å². The van der Waals surface area contributed by atoms with Crippen LogP contribution in [0, 0.1) is 0 Å². The van der Waals surface area contributed by atoms with E-state index in [4.69, 9.17) is 9.72 Å². The molecule has 0 unspecified atom stereocenters. The highest BCUT2D eigenvalue weighted by atomic mass is 16.5. The molecule has 0 radical (unpaired) electrons. The molecule has 0 saturated carbocycles. The maximum atomic E-state index is 5.61. The van der Waals surface area contributed by atoms with E-state index >= 15 is 0 Å². The lowest BCUT2D eigenvalue weighted by Gasteiger charge is -2.28. The van der Waals surface area contributed by atoms with Crippen LogP contribution in [0.2, 0.25) is 0 Å². The van der Waals surface area contributed by atoms with E-state index in [1.54, 1.807) is 0 Å². The van der Waals surface area contributed by atoms with Gasteiger partial charge in [-0.1, -0.05) is 70.2 Å². The van der Waals surface area contributed by atoms with Crippen LogP contribution in [0.25, 0.3) is 17.1 Å². The SMILES string of the molecule is CC(C)c1cc(C2CCOCC2)cc(C(C)C)c1-n1ccnc1-c1ccccc1. The predicted octanol–water partition coefficient (Wildman–Crippen LogP) is 6.68. The molecule has 29 heavy (non-hydrogen) atoms. The first-order chi connectivity index (χ1) is 14.1. The van der Waals surface area contributed by atoms with Gasteiger partial charge in [0.2, 0.25) is 0 Å². The predicted molar refractivity (Wildman–Crippen MR) is 120 cm³/mol. The van der Waals surface area contributed by atoms with Crippen molar-refractivity contribution >= 4 is 0 Å². The lowest BCUT2D eigenvalue weighted by atomic mass is 9.84. The molecular weight excluding hydrogens is 356 g/mol. The second-order valence-electron chi connectivity index (χ2n) is 8.73. The minimum atomic E-state index is 0.438. The third kappa shape index (κ3) is 4.02. The summed E-state index contributed by atoms with van der Waals surface area (Å²) in [5.74, 6) is 2.49. The summed E-state index contributed by atoms with van der Waals surface area (Å²) in [6, 6.07) is 15.4. The average Bonchev–Trinajstić information content (AvgIpc) is 3.23. The van der Waals surface area contributed by atoms with E-state index in [1.807, 2.05) is 6.20 Å². The molecule has 1 aliphatic rings. The van der Waals surface area contributed by atoms with E-state index in [-0.39, 0.29) is 0 Å². The Morgan fingerprint density at radius 2 is 1.55 bits per heavy atom. The summed E-state index contributed by atoms with van der Waals surface area (Å²) in [4.78, 5) is 4.72. The zero-order chi connectivity index (χ0) is 20.4. The number of hydrogen-bond donors (Lipinski definition) is 0. The molecule has 1 aliphatic heterocycles. The maximum Gasteiger partial charge on any atom is 0.144 e. The Morgan fingerprint density at radius 1 is 0.931 bits per heavy atom. The maximum absolute atomic E-state index is 5.61. The van der Waals surface area contributed by atoms with Crippen molar-refractivity contribution in [3.05, 3.63) is 71.5 Å². The smallest absolute Gasteiger partial charge is 0.144 e. The Balaban J connectivity index is 1.90. The number of rotatable bonds is 5. The van der Waals surface area contributed by atoms with Crippen LogP contribution in [0.4, 0.5) is 0 Å². The molecule has 0 N–H and O–H groups in total. The zero-order valence-corrected chi connectivity index (χ0v) is 18.1. The monoisotopic (exact) mass is 388 g/mol. The summed E-state index contributed by atoms with van der Waals surface area (Å²) in [6.45, 7) is 11.0. The van der Waals surface area contributed by atoms with E-state index in [2.05, 4.69) is 80.9 Å². The van der Waals surface area contributed by atoms with Gasteiger partial charge in [0.25, 0.3) is 0 Å². The fourth-order valence-electron chi connectivity index (χ4n) is 4.41. The molecule has 2 heterocycles. The highest BCUT2D eigenvalue weighted by Crippen LogP contribution is 2.38. The molecule has 0 aliphatic carbocycles. The molecule has 0 spiro atoms. The normalized spacial score (nSPS) is 15.4. The van der Waals surface area contributed by atoms with Gasteiger partial charge in [0.1, 0.15) is 5.82 Å². The van der Waals surface area contributed by atoms with Gasteiger partial charge < -0.3 is 4.74 Å². The lowest BCUT2D eigenvalue weighted by Crippen LogP contribution is -2.16. The fourth-order valence-corrected chi connectivity index (χ4v) is 4.41. The Kier molecular flexibility index (Phi) is 5.86. The van der Waals surface area contributed by atoms with Crippen LogP contribution in [-0.2, 0) is 4.74 Å². The van der Waals surface area contributed by atoms with Gasteiger partial charge >= 0.3 is 0 Å². The minimum absolute atomic E-state index is 0.438. The van der Waals surface area contributed by atoms with E-state index in [1.165, 1.54) is 22.4 Å². The third-order valence-corrected chi connectivity index (χ3v) is 6.04. The van der Waals surface area contributed by atoms with Gasteiger partial charge in [-0.25, -0.2) is 4.98 Å².